The third kappa shape index (κ3) is 4.00. The van der Waals surface area contributed by atoms with Crippen molar-refractivity contribution in [1.29, 1.82) is 0 Å². The lowest BCUT2D eigenvalue weighted by Crippen LogP contribution is -2.26. The quantitative estimate of drug-likeness (QED) is 0.551. The predicted octanol–water partition coefficient (Wildman–Crippen LogP) is -0.205. The van der Waals surface area contributed by atoms with Gasteiger partial charge >= 0.3 is 6.18 Å². The van der Waals surface area contributed by atoms with Gasteiger partial charge in [0.05, 0.1) is 12.6 Å². The van der Waals surface area contributed by atoms with Gasteiger partial charge in [0.25, 0.3) is 5.91 Å². The Bertz CT molecular complexity index is 999. The number of nitrogens with one attached hydrogen (secondary N) is 1. The standard InChI is InChI=1S/C12H12F3N11O2/c1-24-11(19-21-23-24)17-10(27)6-3-4-7(12(13,14)15)16-9(6)26(28)5-8-18-22-25(2)20-8/h3-4,28H,5H2,1-2H3,(H,17,19,23,27). The van der Waals surface area contributed by atoms with Gasteiger partial charge in [-0.3, -0.25) is 15.3 Å². The van der Waals surface area contributed by atoms with Gasteiger partial charge in [-0.25, -0.2) is 14.7 Å². The number of rotatable bonds is 5. The minimum Gasteiger partial charge on any atom is -0.289 e. The van der Waals surface area contributed by atoms with Crippen molar-refractivity contribution in [1.82, 2.24) is 45.4 Å². The Morgan fingerprint density at radius 3 is 2.57 bits per heavy atom. The number of tetrazole rings is 2. The zero-order valence-corrected chi connectivity index (χ0v) is 14.3. The first-order valence-corrected chi connectivity index (χ1v) is 7.46. The number of amides is 1. The largest absolute Gasteiger partial charge is 0.433 e. The molecule has 28 heavy (non-hydrogen) atoms. The fourth-order valence-electron chi connectivity index (χ4n) is 2.08. The summed E-state index contributed by atoms with van der Waals surface area (Å²) >= 11 is 0. The van der Waals surface area contributed by atoms with E-state index < -0.39 is 30.1 Å². The minimum atomic E-state index is -4.79. The third-order valence-corrected chi connectivity index (χ3v) is 3.34. The van der Waals surface area contributed by atoms with Crippen molar-refractivity contribution in [2.75, 3.05) is 10.4 Å². The van der Waals surface area contributed by atoms with E-state index in [4.69, 9.17) is 0 Å². The van der Waals surface area contributed by atoms with Crippen molar-refractivity contribution in [3.05, 3.63) is 29.2 Å². The lowest BCUT2D eigenvalue weighted by Gasteiger charge is -2.18. The maximum atomic E-state index is 13.0. The molecule has 0 saturated heterocycles. The van der Waals surface area contributed by atoms with Gasteiger partial charge in [0.15, 0.2) is 11.6 Å². The van der Waals surface area contributed by atoms with E-state index in [1.165, 1.54) is 14.1 Å². The normalized spacial score (nSPS) is 11.5. The zero-order chi connectivity index (χ0) is 20.5. The number of carbonyl (C=O) groups excluding carboxylic acids is 1. The molecule has 3 heterocycles. The van der Waals surface area contributed by atoms with Crippen LogP contribution >= 0.6 is 0 Å². The van der Waals surface area contributed by atoms with Crippen LogP contribution in [0, 0.1) is 0 Å². The number of halogens is 3. The predicted molar refractivity (Wildman–Crippen MR) is 82.8 cm³/mol. The molecule has 0 aliphatic carbocycles. The van der Waals surface area contributed by atoms with Gasteiger partial charge in [-0.1, -0.05) is 5.10 Å². The minimum absolute atomic E-state index is 0.00642. The molecule has 3 aromatic rings. The van der Waals surface area contributed by atoms with Crippen LogP contribution in [-0.4, -0.2) is 56.5 Å². The first kappa shape index (κ1) is 19.1. The molecule has 0 aliphatic rings. The molecule has 0 fully saturated rings. The Balaban J connectivity index is 1.96. The summed E-state index contributed by atoms with van der Waals surface area (Å²) in [6.45, 7) is -0.464. The molecule has 16 heteroatoms. The van der Waals surface area contributed by atoms with E-state index in [1.54, 1.807) is 0 Å². The van der Waals surface area contributed by atoms with Crippen LogP contribution < -0.4 is 10.4 Å². The molecule has 0 unspecified atom stereocenters. The fraction of sp³-hybridized carbons (Fsp3) is 0.333. The molecule has 0 aliphatic heterocycles. The number of alkyl halides is 3. The summed E-state index contributed by atoms with van der Waals surface area (Å²) < 4.78 is 40.2. The SMILES string of the molecule is Cn1nnc(CN(O)c2nc(C(F)(F)F)ccc2C(=O)Nc2nnnn2C)n1. The summed E-state index contributed by atoms with van der Waals surface area (Å²) in [5.41, 5.74) is -1.66. The van der Waals surface area contributed by atoms with Crippen molar-refractivity contribution in [3.63, 3.8) is 0 Å². The Labute approximate surface area is 153 Å². The molecule has 13 nitrogen and oxygen atoms in total. The van der Waals surface area contributed by atoms with Crippen LogP contribution in [0.25, 0.3) is 0 Å². The summed E-state index contributed by atoms with van der Waals surface area (Å²) in [7, 11) is 2.91. The molecule has 3 aromatic heterocycles. The van der Waals surface area contributed by atoms with Gasteiger partial charge in [0, 0.05) is 7.05 Å². The fourth-order valence-corrected chi connectivity index (χ4v) is 2.08. The molecule has 1 amide bonds. The first-order valence-electron chi connectivity index (χ1n) is 7.46. The maximum absolute atomic E-state index is 13.0. The number of nitrogens with zero attached hydrogens (tertiary/aromatic N) is 10. The highest BCUT2D eigenvalue weighted by molar-refractivity contribution is 6.06. The van der Waals surface area contributed by atoms with E-state index in [1.807, 2.05) is 0 Å². The summed E-state index contributed by atoms with van der Waals surface area (Å²) in [6, 6.07) is 1.49. The van der Waals surface area contributed by atoms with Crippen LogP contribution in [0.5, 0.6) is 0 Å². The van der Waals surface area contributed by atoms with Crippen LogP contribution in [0.4, 0.5) is 24.9 Å². The van der Waals surface area contributed by atoms with Crippen LogP contribution in [0.15, 0.2) is 12.1 Å². The number of hydrogen-bond acceptors (Lipinski definition) is 10. The molecule has 148 valence electrons. The molecular formula is C12H12F3N11O2. The summed E-state index contributed by atoms with van der Waals surface area (Å²) in [6.07, 6.45) is -4.79. The van der Waals surface area contributed by atoms with E-state index >= 15 is 0 Å². The lowest BCUT2D eigenvalue weighted by atomic mass is 10.2. The van der Waals surface area contributed by atoms with Crippen LogP contribution in [0.2, 0.25) is 0 Å². The van der Waals surface area contributed by atoms with Crippen molar-refractivity contribution in [2.24, 2.45) is 14.1 Å². The zero-order valence-electron chi connectivity index (χ0n) is 14.3. The topological polar surface area (TPSA) is 153 Å². The highest BCUT2D eigenvalue weighted by Crippen LogP contribution is 2.30. The Morgan fingerprint density at radius 2 is 2.00 bits per heavy atom. The van der Waals surface area contributed by atoms with Crippen molar-refractivity contribution in [2.45, 2.75) is 12.7 Å². The Kier molecular flexibility index (Phi) is 4.87. The second kappa shape index (κ2) is 7.14. The molecule has 0 saturated carbocycles. The number of anilines is 2. The smallest absolute Gasteiger partial charge is 0.289 e. The van der Waals surface area contributed by atoms with Gasteiger partial charge in [0.2, 0.25) is 5.95 Å². The lowest BCUT2D eigenvalue weighted by molar-refractivity contribution is -0.141. The second-order valence-electron chi connectivity index (χ2n) is 5.40. The number of aryl methyl sites for hydroxylation is 2. The van der Waals surface area contributed by atoms with E-state index in [9.17, 15) is 23.2 Å². The van der Waals surface area contributed by atoms with Crippen molar-refractivity contribution in [3.8, 4) is 0 Å². The highest BCUT2D eigenvalue weighted by atomic mass is 19.4. The van der Waals surface area contributed by atoms with Crippen LogP contribution in [0.3, 0.4) is 0 Å². The Hall–Kier alpha value is -3.69. The van der Waals surface area contributed by atoms with E-state index in [0.29, 0.717) is 11.1 Å². The Morgan fingerprint density at radius 1 is 1.25 bits per heavy atom. The van der Waals surface area contributed by atoms with Gasteiger partial charge in [-0.2, -0.15) is 18.0 Å². The monoisotopic (exact) mass is 399 g/mol. The summed E-state index contributed by atoms with van der Waals surface area (Å²) in [4.78, 5) is 16.9. The molecular weight excluding hydrogens is 387 g/mol. The maximum Gasteiger partial charge on any atom is 0.433 e. The summed E-state index contributed by atoms with van der Waals surface area (Å²) in [5.74, 6) is -1.61. The highest BCUT2D eigenvalue weighted by Gasteiger charge is 2.34. The molecule has 0 radical (unpaired) electrons. The molecule has 0 atom stereocenters. The number of hydroxylamine groups is 1. The van der Waals surface area contributed by atoms with Gasteiger partial charge in [-0.05, 0) is 27.8 Å². The average Bonchev–Trinajstić information content (AvgIpc) is 3.21. The second-order valence-corrected chi connectivity index (χ2v) is 5.40. The molecule has 3 rings (SSSR count). The van der Waals surface area contributed by atoms with Crippen molar-refractivity contribution >= 4 is 17.7 Å². The number of aromatic nitrogens is 9. The molecule has 2 N–H and O–H groups in total. The van der Waals surface area contributed by atoms with Gasteiger partial charge in [0.1, 0.15) is 12.2 Å². The van der Waals surface area contributed by atoms with Crippen LogP contribution in [0.1, 0.15) is 21.9 Å². The molecule has 0 bridgehead atoms. The average molecular weight is 399 g/mol. The number of pyridine rings is 1. The van der Waals surface area contributed by atoms with E-state index in [-0.39, 0.29) is 17.3 Å². The van der Waals surface area contributed by atoms with Crippen molar-refractivity contribution < 1.29 is 23.2 Å². The molecule has 0 aromatic carbocycles. The van der Waals surface area contributed by atoms with E-state index in [0.717, 1.165) is 15.5 Å². The summed E-state index contributed by atoms with van der Waals surface area (Å²) in [5, 5.41) is 34.2. The number of carbonyl (C=O) groups is 1. The van der Waals surface area contributed by atoms with Crippen LogP contribution in [-0.2, 0) is 26.8 Å². The van der Waals surface area contributed by atoms with E-state index in [2.05, 4.69) is 41.2 Å². The molecule has 0 spiro atoms. The third-order valence-electron chi connectivity index (χ3n) is 3.34. The van der Waals surface area contributed by atoms with Gasteiger partial charge < -0.3 is 0 Å². The number of hydrogen-bond donors (Lipinski definition) is 2. The first-order chi connectivity index (χ1) is 13.1. The van der Waals surface area contributed by atoms with Gasteiger partial charge in [-0.15, -0.1) is 10.2 Å².